The average Bonchev–Trinajstić information content (AvgIpc) is 2.69. The fourth-order valence-electron chi connectivity index (χ4n) is 2.87. The zero-order valence-electron chi connectivity index (χ0n) is 15.4. The van der Waals surface area contributed by atoms with Crippen molar-refractivity contribution in [2.24, 2.45) is 0 Å². The quantitative estimate of drug-likeness (QED) is 0.619. The standard InChI is InChI=1S/C21H20O6/c1-4-26-19(22)12-17-20(23)16-7-5-6-8-18(16)27-21(17)13-9-14(24-2)11-15(10-13)25-3/h5-11H,4,12H2,1-3H3. The van der Waals surface area contributed by atoms with Gasteiger partial charge in [0.15, 0.2) is 5.43 Å². The highest BCUT2D eigenvalue weighted by Gasteiger charge is 2.20. The Morgan fingerprint density at radius 2 is 1.70 bits per heavy atom. The first-order chi connectivity index (χ1) is 13.1. The van der Waals surface area contributed by atoms with E-state index in [1.165, 1.54) is 14.2 Å². The van der Waals surface area contributed by atoms with Crippen LogP contribution in [0, 0.1) is 0 Å². The van der Waals surface area contributed by atoms with Crippen molar-refractivity contribution in [1.29, 1.82) is 0 Å². The Kier molecular flexibility index (Phi) is 5.45. The van der Waals surface area contributed by atoms with Crippen LogP contribution in [0.15, 0.2) is 51.7 Å². The van der Waals surface area contributed by atoms with E-state index in [9.17, 15) is 9.59 Å². The van der Waals surface area contributed by atoms with Crippen molar-refractivity contribution in [3.05, 3.63) is 58.3 Å². The lowest BCUT2D eigenvalue weighted by Crippen LogP contribution is -2.17. The molecule has 3 aromatic rings. The van der Waals surface area contributed by atoms with Crippen molar-refractivity contribution >= 4 is 16.9 Å². The molecule has 0 N–H and O–H groups in total. The molecule has 0 spiro atoms. The van der Waals surface area contributed by atoms with Crippen LogP contribution in [0.25, 0.3) is 22.3 Å². The number of carbonyl (C=O) groups is 1. The first-order valence-electron chi connectivity index (χ1n) is 8.51. The molecule has 0 fully saturated rings. The summed E-state index contributed by atoms with van der Waals surface area (Å²) in [4.78, 5) is 25.1. The minimum atomic E-state index is -0.490. The van der Waals surface area contributed by atoms with E-state index >= 15 is 0 Å². The molecule has 1 aromatic heterocycles. The van der Waals surface area contributed by atoms with Gasteiger partial charge in [-0.25, -0.2) is 0 Å². The van der Waals surface area contributed by atoms with Crippen molar-refractivity contribution in [3.63, 3.8) is 0 Å². The number of hydrogen-bond donors (Lipinski definition) is 0. The third kappa shape index (κ3) is 3.79. The van der Waals surface area contributed by atoms with E-state index in [-0.39, 0.29) is 24.0 Å². The SMILES string of the molecule is CCOC(=O)Cc1c(-c2cc(OC)cc(OC)c2)oc2ccccc2c1=O. The topological polar surface area (TPSA) is 75.0 Å². The number of methoxy groups -OCH3 is 2. The summed E-state index contributed by atoms with van der Waals surface area (Å²) in [6, 6.07) is 12.1. The number of benzene rings is 2. The van der Waals surface area contributed by atoms with Crippen molar-refractivity contribution in [2.45, 2.75) is 13.3 Å². The van der Waals surface area contributed by atoms with Crippen LogP contribution in [0.4, 0.5) is 0 Å². The molecule has 0 bridgehead atoms. The molecule has 3 rings (SSSR count). The molecule has 140 valence electrons. The minimum absolute atomic E-state index is 0.185. The average molecular weight is 368 g/mol. The Hall–Kier alpha value is -3.28. The summed E-state index contributed by atoms with van der Waals surface area (Å²) in [5.41, 5.74) is 0.990. The predicted octanol–water partition coefficient (Wildman–Crippen LogP) is 3.58. The van der Waals surface area contributed by atoms with Gasteiger partial charge in [-0.05, 0) is 31.2 Å². The second-order valence-corrected chi connectivity index (χ2v) is 5.82. The maximum Gasteiger partial charge on any atom is 0.310 e. The van der Waals surface area contributed by atoms with Gasteiger partial charge < -0.3 is 18.6 Å². The van der Waals surface area contributed by atoms with Gasteiger partial charge >= 0.3 is 5.97 Å². The second-order valence-electron chi connectivity index (χ2n) is 5.82. The van der Waals surface area contributed by atoms with Crippen LogP contribution in [-0.2, 0) is 16.0 Å². The second kappa shape index (κ2) is 7.95. The Balaban J connectivity index is 2.27. The van der Waals surface area contributed by atoms with Crippen molar-refractivity contribution in [3.8, 4) is 22.8 Å². The first-order valence-corrected chi connectivity index (χ1v) is 8.51. The van der Waals surface area contributed by atoms with Crippen LogP contribution < -0.4 is 14.9 Å². The van der Waals surface area contributed by atoms with Crippen molar-refractivity contribution in [1.82, 2.24) is 0 Å². The third-order valence-electron chi connectivity index (χ3n) is 4.13. The van der Waals surface area contributed by atoms with Crippen LogP contribution in [0.5, 0.6) is 11.5 Å². The number of carbonyl (C=O) groups excluding carboxylic acids is 1. The maximum absolute atomic E-state index is 13.0. The van der Waals surface area contributed by atoms with Gasteiger partial charge in [-0.1, -0.05) is 12.1 Å². The molecule has 1 heterocycles. The molecule has 0 aliphatic heterocycles. The third-order valence-corrected chi connectivity index (χ3v) is 4.13. The number of esters is 1. The van der Waals surface area contributed by atoms with Gasteiger partial charge in [-0.3, -0.25) is 9.59 Å². The molecular weight excluding hydrogens is 348 g/mol. The zero-order chi connectivity index (χ0) is 19.4. The number of hydrogen-bond acceptors (Lipinski definition) is 6. The molecule has 27 heavy (non-hydrogen) atoms. The Morgan fingerprint density at radius 1 is 1.04 bits per heavy atom. The van der Waals surface area contributed by atoms with Gasteiger partial charge in [0, 0.05) is 11.6 Å². The van der Waals surface area contributed by atoms with Crippen LogP contribution in [0.1, 0.15) is 12.5 Å². The molecule has 0 atom stereocenters. The highest BCUT2D eigenvalue weighted by atomic mass is 16.5. The molecule has 6 heteroatoms. The molecule has 0 saturated carbocycles. The van der Waals surface area contributed by atoms with Crippen LogP contribution in [0.3, 0.4) is 0 Å². The van der Waals surface area contributed by atoms with E-state index in [0.717, 1.165) is 0 Å². The molecule has 0 unspecified atom stereocenters. The van der Waals surface area contributed by atoms with E-state index in [2.05, 4.69) is 0 Å². The normalized spacial score (nSPS) is 10.6. The Bertz CT molecular complexity index is 1010. The molecule has 6 nitrogen and oxygen atoms in total. The van der Waals surface area contributed by atoms with E-state index < -0.39 is 5.97 Å². The summed E-state index contributed by atoms with van der Waals surface area (Å²) >= 11 is 0. The molecule has 0 radical (unpaired) electrons. The fraction of sp³-hybridized carbons (Fsp3) is 0.238. The number of fused-ring (bicyclic) bond motifs is 1. The summed E-state index contributed by atoms with van der Waals surface area (Å²) in [5.74, 6) is 0.893. The van der Waals surface area contributed by atoms with Gasteiger partial charge in [0.1, 0.15) is 22.8 Å². The highest BCUT2D eigenvalue weighted by molar-refractivity contribution is 5.84. The Morgan fingerprint density at radius 3 is 2.33 bits per heavy atom. The number of ether oxygens (including phenoxy) is 3. The predicted molar refractivity (Wildman–Crippen MR) is 101 cm³/mol. The molecule has 0 saturated heterocycles. The van der Waals surface area contributed by atoms with Gasteiger partial charge in [0.05, 0.1) is 38.2 Å². The molecular formula is C21H20O6. The van der Waals surface area contributed by atoms with Crippen LogP contribution >= 0.6 is 0 Å². The van der Waals surface area contributed by atoms with Gasteiger partial charge in [0.2, 0.25) is 0 Å². The van der Waals surface area contributed by atoms with Crippen LogP contribution in [-0.4, -0.2) is 26.8 Å². The summed E-state index contributed by atoms with van der Waals surface area (Å²) in [6.45, 7) is 1.95. The summed E-state index contributed by atoms with van der Waals surface area (Å²) in [5, 5.41) is 0.412. The summed E-state index contributed by atoms with van der Waals surface area (Å²) in [7, 11) is 3.07. The van der Waals surface area contributed by atoms with E-state index in [0.29, 0.717) is 33.8 Å². The zero-order valence-corrected chi connectivity index (χ0v) is 15.4. The van der Waals surface area contributed by atoms with E-state index in [4.69, 9.17) is 18.6 Å². The first kappa shape index (κ1) is 18.5. The molecule has 0 aliphatic rings. The number of para-hydroxylation sites is 1. The fourth-order valence-corrected chi connectivity index (χ4v) is 2.87. The van der Waals surface area contributed by atoms with Gasteiger partial charge in [-0.15, -0.1) is 0 Å². The lowest BCUT2D eigenvalue weighted by molar-refractivity contribution is -0.142. The van der Waals surface area contributed by atoms with Crippen molar-refractivity contribution < 1.29 is 23.4 Å². The molecule has 2 aromatic carbocycles. The summed E-state index contributed by atoms with van der Waals surface area (Å²) < 4.78 is 21.7. The van der Waals surface area contributed by atoms with Gasteiger partial charge in [0.25, 0.3) is 0 Å². The maximum atomic E-state index is 13.0. The minimum Gasteiger partial charge on any atom is -0.497 e. The van der Waals surface area contributed by atoms with Gasteiger partial charge in [-0.2, -0.15) is 0 Å². The monoisotopic (exact) mass is 368 g/mol. The lowest BCUT2D eigenvalue weighted by atomic mass is 10.0. The summed E-state index contributed by atoms with van der Waals surface area (Å²) in [6.07, 6.45) is -0.185. The van der Waals surface area contributed by atoms with Crippen molar-refractivity contribution in [2.75, 3.05) is 20.8 Å². The van der Waals surface area contributed by atoms with E-state index in [1.807, 2.05) is 0 Å². The van der Waals surface area contributed by atoms with Crippen LogP contribution in [0.2, 0.25) is 0 Å². The Labute approximate surface area is 156 Å². The molecule has 0 aliphatic carbocycles. The number of rotatable bonds is 6. The highest BCUT2D eigenvalue weighted by Crippen LogP contribution is 2.32. The largest absolute Gasteiger partial charge is 0.497 e. The lowest BCUT2D eigenvalue weighted by Gasteiger charge is -2.12. The smallest absolute Gasteiger partial charge is 0.310 e. The molecule has 0 amide bonds. The van der Waals surface area contributed by atoms with E-state index in [1.54, 1.807) is 49.4 Å².